The van der Waals surface area contributed by atoms with Gasteiger partial charge in [0.2, 0.25) is 5.91 Å². The van der Waals surface area contributed by atoms with E-state index in [2.05, 4.69) is 45.4 Å². The number of carbonyl (C=O) groups is 1. The molecule has 0 bridgehead atoms. The molecule has 0 saturated carbocycles. The Bertz CT molecular complexity index is 929. The molecule has 1 amide bonds. The number of nitrogens with zero attached hydrogens (tertiary/aromatic N) is 2. The molecule has 0 saturated heterocycles. The van der Waals surface area contributed by atoms with E-state index in [1.165, 1.54) is 11.1 Å². The fourth-order valence-corrected chi connectivity index (χ4v) is 3.22. The highest BCUT2D eigenvalue weighted by Gasteiger charge is 2.15. The predicted molar refractivity (Wildman–Crippen MR) is 108 cm³/mol. The minimum Gasteiger partial charge on any atom is -0.323 e. The molecule has 0 radical (unpaired) electrons. The van der Waals surface area contributed by atoms with E-state index in [0.29, 0.717) is 13.0 Å². The van der Waals surface area contributed by atoms with Gasteiger partial charge >= 0.3 is 0 Å². The van der Waals surface area contributed by atoms with Crippen LogP contribution in [-0.2, 0) is 17.8 Å². The Morgan fingerprint density at radius 3 is 2.46 bits per heavy atom. The van der Waals surface area contributed by atoms with Crippen LogP contribution in [0.4, 0.5) is 5.69 Å². The molecule has 0 aliphatic carbocycles. The van der Waals surface area contributed by atoms with Gasteiger partial charge in [0.05, 0.1) is 30.0 Å². The van der Waals surface area contributed by atoms with E-state index in [4.69, 9.17) is 0 Å². The Hall–Kier alpha value is -2.40. The van der Waals surface area contributed by atoms with Gasteiger partial charge in [0.25, 0.3) is 0 Å². The van der Waals surface area contributed by atoms with Crippen LogP contribution in [0.2, 0.25) is 0 Å². The summed E-state index contributed by atoms with van der Waals surface area (Å²) >= 11 is 3.41. The number of nitrogens with one attached hydrogen (secondary N) is 1. The largest absolute Gasteiger partial charge is 0.323 e. The second-order valence-corrected chi connectivity index (χ2v) is 7.40. The summed E-state index contributed by atoms with van der Waals surface area (Å²) in [7, 11) is 0. The zero-order chi connectivity index (χ0) is 18.7. The van der Waals surface area contributed by atoms with Gasteiger partial charge in [0, 0.05) is 4.47 Å². The fraction of sp³-hybridized carbons (Fsp3) is 0.238. The number of anilines is 1. The summed E-state index contributed by atoms with van der Waals surface area (Å²) in [6.07, 6.45) is 0.342. The number of halogens is 1. The monoisotopic (exact) mass is 411 g/mol. The van der Waals surface area contributed by atoms with Crippen molar-refractivity contribution in [2.75, 3.05) is 5.32 Å². The lowest BCUT2D eigenvalue weighted by Gasteiger charge is -2.09. The Kier molecular flexibility index (Phi) is 5.57. The Morgan fingerprint density at radius 1 is 1.08 bits per heavy atom. The number of carbonyl (C=O) groups excluding carboxylic acids is 1. The average molecular weight is 412 g/mol. The standard InChI is InChI=1S/C21H22BrN3O/c1-14-6-4-5-7-18(14)13-25-16(3)21(15(2)24-25)23-20(26)12-17-8-10-19(22)11-9-17/h4-11H,12-13H2,1-3H3,(H,23,26). The van der Waals surface area contributed by atoms with Crippen LogP contribution in [0.15, 0.2) is 53.0 Å². The van der Waals surface area contributed by atoms with Crippen molar-refractivity contribution in [3.63, 3.8) is 0 Å². The van der Waals surface area contributed by atoms with Crippen molar-refractivity contribution < 1.29 is 4.79 Å². The molecule has 3 rings (SSSR count). The summed E-state index contributed by atoms with van der Waals surface area (Å²) in [4.78, 5) is 12.4. The SMILES string of the molecule is Cc1ccccc1Cn1nc(C)c(NC(=O)Cc2ccc(Br)cc2)c1C. The highest BCUT2D eigenvalue weighted by atomic mass is 79.9. The van der Waals surface area contributed by atoms with Crippen molar-refractivity contribution in [2.45, 2.75) is 33.7 Å². The van der Waals surface area contributed by atoms with Crippen LogP contribution in [0.3, 0.4) is 0 Å². The first-order chi connectivity index (χ1) is 12.4. The number of hydrogen-bond donors (Lipinski definition) is 1. The lowest BCUT2D eigenvalue weighted by Crippen LogP contribution is -2.15. The number of aryl methyl sites for hydroxylation is 2. The molecule has 0 aliphatic rings. The van der Waals surface area contributed by atoms with Crippen LogP contribution < -0.4 is 5.32 Å². The van der Waals surface area contributed by atoms with E-state index in [1.807, 2.05) is 54.9 Å². The number of benzene rings is 2. The molecule has 1 aromatic heterocycles. The molecule has 3 aromatic rings. The maximum atomic E-state index is 12.4. The van der Waals surface area contributed by atoms with E-state index in [-0.39, 0.29) is 5.91 Å². The smallest absolute Gasteiger partial charge is 0.228 e. The van der Waals surface area contributed by atoms with Gasteiger partial charge in [-0.1, -0.05) is 52.3 Å². The van der Waals surface area contributed by atoms with Gasteiger partial charge in [-0.15, -0.1) is 0 Å². The van der Waals surface area contributed by atoms with Gasteiger partial charge in [0.15, 0.2) is 0 Å². The van der Waals surface area contributed by atoms with E-state index in [0.717, 1.165) is 27.1 Å². The van der Waals surface area contributed by atoms with Crippen LogP contribution in [0, 0.1) is 20.8 Å². The van der Waals surface area contributed by atoms with E-state index < -0.39 is 0 Å². The van der Waals surface area contributed by atoms with Crippen molar-refractivity contribution in [1.29, 1.82) is 0 Å². The second kappa shape index (κ2) is 7.87. The number of aromatic nitrogens is 2. The van der Waals surface area contributed by atoms with Gasteiger partial charge in [0.1, 0.15) is 0 Å². The molecule has 0 unspecified atom stereocenters. The fourth-order valence-electron chi connectivity index (χ4n) is 2.95. The van der Waals surface area contributed by atoms with Crippen molar-refractivity contribution in [3.05, 3.63) is 81.1 Å². The van der Waals surface area contributed by atoms with Crippen LogP contribution in [0.1, 0.15) is 28.1 Å². The van der Waals surface area contributed by atoms with E-state index in [9.17, 15) is 4.79 Å². The summed E-state index contributed by atoms with van der Waals surface area (Å²) in [5, 5.41) is 7.64. The third-order valence-corrected chi connectivity index (χ3v) is 5.03. The molecule has 0 aliphatic heterocycles. The lowest BCUT2D eigenvalue weighted by molar-refractivity contribution is -0.115. The zero-order valence-electron chi connectivity index (χ0n) is 15.2. The summed E-state index contributed by atoms with van der Waals surface area (Å²) in [5.74, 6) is -0.0334. The third kappa shape index (κ3) is 4.22. The van der Waals surface area contributed by atoms with Crippen molar-refractivity contribution in [2.24, 2.45) is 0 Å². The van der Waals surface area contributed by atoms with Crippen molar-refractivity contribution in [3.8, 4) is 0 Å². The molecule has 5 heteroatoms. The summed E-state index contributed by atoms with van der Waals surface area (Å²) in [6, 6.07) is 16.1. The van der Waals surface area contributed by atoms with Crippen molar-refractivity contribution >= 4 is 27.5 Å². The first-order valence-electron chi connectivity index (χ1n) is 8.57. The van der Waals surface area contributed by atoms with Gasteiger partial charge < -0.3 is 5.32 Å². The minimum absolute atomic E-state index is 0.0334. The lowest BCUT2D eigenvalue weighted by atomic mass is 10.1. The molecule has 0 spiro atoms. The number of amides is 1. The topological polar surface area (TPSA) is 46.9 Å². The molecule has 1 N–H and O–H groups in total. The second-order valence-electron chi connectivity index (χ2n) is 6.48. The molecular formula is C21H22BrN3O. The normalized spacial score (nSPS) is 10.8. The van der Waals surface area contributed by atoms with Gasteiger partial charge in [-0.3, -0.25) is 9.48 Å². The highest BCUT2D eigenvalue weighted by Crippen LogP contribution is 2.21. The van der Waals surface area contributed by atoms with Crippen LogP contribution >= 0.6 is 15.9 Å². The number of rotatable bonds is 5. The molecule has 4 nitrogen and oxygen atoms in total. The molecule has 0 atom stereocenters. The van der Waals surface area contributed by atoms with Gasteiger partial charge in [-0.05, 0) is 49.6 Å². The van der Waals surface area contributed by atoms with Crippen LogP contribution in [-0.4, -0.2) is 15.7 Å². The Labute approximate surface area is 162 Å². The summed E-state index contributed by atoms with van der Waals surface area (Å²) in [6.45, 7) is 6.72. The zero-order valence-corrected chi connectivity index (χ0v) is 16.8. The quantitative estimate of drug-likeness (QED) is 0.655. The van der Waals surface area contributed by atoms with Crippen molar-refractivity contribution in [1.82, 2.24) is 9.78 Å². The summed E-state index contributed by atoms with van der Waals surface area (Å²) < 4.78 is 2.96. The first kappa shape index (κ1) is 18.4. The molecule has 0 fully saturated rings. The van der Waals surface area contributed by atoms with Crippen LogP contribution in [0.25, 0.3) is 0 Å². The minimum atomic E-state index is -0.0334. The molecule has 2 aromatic carbocycles. The average Bonchev–Trinajstić information content (AvgIpc) is 2.86. The van der Waals surface area contributed by atoms with Gasteiger partial charge in [-0.2, -0.15) is 5.10 Å². The molecule has 1 heterocycles. The first-order valence-corrected chi connectivity index (χ1v) is 9.36. The predicted octanol–water partition coefficient (Wildman–Crippen LogP) is 4.80. The molecule has 26 heavy (non-hydrogen) atoms. The number of hydrogen-bond acceptors (Lipinski definition) is 2. The molecule has 134 valence electrons. The Morgan fingerprint density at radius 2 is 1.77 bits per heavy atom. The van der Waals surface area contributed by atoms with E-state index in [1.54, 1.807) is 0 Å². The maximum Gasteiger partial charge on any atom is 0.228 e. The molecular weight excluding hydrogens is 390 g/mol. The maximum absolute atomic E-state index is 12.4. The summed E-state index contributed by atoms with van der Waals surface area (Å²) in [5.41, 5.74) is 6.05. The highest BCUT2D eigenvalue weighted by molar-refractivity contribution is 9.10. The van der Waals surface area contributed by atoms with Crippen LogP contribution in [0.5, 0.6) is 0 Å². The third-order valence-electron chi connectivity index (χ3n) is 4.51. The van der Waals surface area contributed by atoms with Gasteiger partial charge in [-0.25, -0.2) is 0 Å². The van der Waals surface area contributed by atoms with E-state index >= 15 is 0 Å². The Balaban J connectivity index is 1.74.